The van der Waals surface area contributed by atoms with E-state index in [-0.39, 0.29) is 17.2 Å². The van der Waals surface area contributed by atoms with Crippen LogP contribution in [0.15, 0.2) is 59.5 Å². The molecule has 2 heterocycles. The van der Waals surface area contributed by atoms with Crippen LogP contribution in [0.3, 0.4) is 0 Å². The molecular weight excluding hydrogens is 453 g/mol. The van der Waals surface area contributed by atoms with E-state index in [1.165, 1.54) is 27.2 Å². The zero-order valence-corrected chi connectivity index (χ0v) is 19.8. The number of hydrogen-bond donors (Lipinski definition) is 0. The van der Waals surface area contributed by atoms with E-state index in [1.807, 2.05) is 75.8 Å². The lowest BCUT2D eigenvalue weighted by Gasteiger charge is -2.35. The van der Waals surface area contributed by atoms with Crippen LogP contribution in [0.2, 0.25) is 0 Å². The van der Waals surface area contributed by atoms with Crippen molar-refractivity contribution in [2.45, 2.75) is 10.9 Å². The van der Waals surface area contributed by atoms with Gasteiger partial charge >= 0.3 is 0 Å². The molecule has 0 radical (unpaired) electrons. The van der Waals surface area contributed by atoms with E-state index >= 15 is 0 Å². The van der Waals surface area contributed by atoms with Crippen LogP contribution in [-0.2, 0) is 0 Å². The van der Waals surface area contributed by atoms with Gasteiger partial charge in [-0.05, 0) is 28.5 Å². The molecule has 4 nitrogen and oxygen atoms in total. The SMILES string of the molecule is O=C(c1ccccc1SSC(=O)N1CCSCC1c1ccccc1)N1CCSCC1. The molecule has 0 bridgehead atoms. The molecule has 2 aliphatic heterocycles. The minimum atomic E-state index is 0.0609. The normalized spacial score (nSPS) is 19.5. The molecule has 2 aromatic carbocycles. The summed E-state index contributed by atoms with van der Waals surface area (Å²) in [6.07, 6.45) is 0. The summed E-state index contributed by atoms with van der Waals surface area (Å²) in [6, 6.07) is 18.0. The van der Waals surface area contributed by atoms with Gasteiger partial charge in [0.25, 0.3) is 11.1 Å². The van der Waals surface area contributed by atoms with Crippen LogP contribution in [0.1, 0.15) is 22.0 Å². The minimum absolute atomic E-state index is 0.0609. The summed E-state index contributed by atoms with van der Waals surface area (Å²) in [7, 11) is 2.64. The quantitative estimate of drug-likeness (QED) is 0.541. The van der Waals surface area contributed by atoms with Gasteiger partial charge in [-0.3, -0.25) is 9.59 Å². The van der Waals surface area contributed by atoms with E-state index in [9.17, 15) is 9.59 Å². The van der Waals surface area contributed by atoms with Gasteiger partial charge in [-0.2, -0.15) is 23.5 Å². The summed E-state index contributed by atoms with van der Waals surface area (Å²) in [5, 5.41) is 0.0609. The Morgan fingerprint density at radius 2 is 1.57 bits per heavy atom. The molecular formula is C22H24N2O2S4. The van der Waals surface area contributed by atoms with Crippen molar-refractivity contribution in [3.05, 3.63) is 65.7 Å². The first-order valence-corrected chi connectivity index (χ1v) is 14.4. The standard InChI is InChI=1S/C22H24N2O2S4/c25-21(23-10-13-27-14-11-23)18-8-4-5-9-20(18)29-30-22(26)24-12-15-28-16-19(24)17-6-2-1-3-7-17/h1-9,19H,10-16H2. The summed E-state index contributed by atoms with van der Waals surface area (Å²) in [5.74, 6) is 3.93. The Balaban J connectivity index is 1.44. The number of carbonyl (C=O) groups is 2. The summed E-state index contributed by atoms with van der Waals surface area (Å²) in [6.45, 7) is 2.33. The molecule has 0 aromatic heterocycles. The van der Waals surface area contributed by atoms with Gasteiger partial charge in [0.1, 0.15) is 0 Å². The van der Waals surface area contributed by atoms with E-state index in [0.717, 1.165) is 47.5 Å². The van der Waals surface area contributed by atoms with Gasteiger partial charge in [-0.25, -0.2) is 0 Å². The van der Waals surface area contributed by atoms with Crippen LogP contribution in [0.25, 0.3) is 0 Å². The number of thioether (sulfide) groups is 2. The molecule has 1 unspecified atom stereocenters. The third-order valence-corrected chi connectivity index (χ3v) is 9.34. The maximum Gasteiger partial charge on any atom is 0.293 e. The molecule has 2 fully saturated rings. The van der Waals surface area contributed by atoms with Crippen molar-refractivity contribution in [1.82, 2.24) is 9.80 Å². The number of carbonyl (C=O) groups excluding carboxylic acids is 2. The first-order chi connectivity index (χ1) is 14.7. The summed E-state index contributed by atoms with van der Waals surface area (Å²) in [5.41, 5.74) is 1.88. The van der Waals surface area contributed by atoms with E-state index < -0.39 is 0 Å². The number of nitrogens with zero attached hydrogens (tertiary/aromatic N) is 2. The highest BCUT2D eigenvalue weighted by molar-refractivity contribution is 8.82. The lowest BCUT2D eigenvalue weighted by molar-refractivity contribution is 0.0769. The van der Waals surface area contributed by atoms with Gasteiger partial charge in [0.2, 0.25) is 0 Å². The molecule has 0 aliphatic carbocycles. The maximum atomic E-state index is 13.1. The largest absolute Gasteiger partial charge is 0.337 e. The number of amides is 2. The van der Waals surface area contributed by atoms with Crippen molar-refractivity contribution >= 4 is 56.3 Å². The molecule has 2 aliphatic rings. The highest BCUT2D eigenvalue weighted by Gasteiger charge is 2.29. The molecule has 2 aromatic rings. The highest BCUT2D eigenvalue weighted by atomic mass is 33.1. The van der Waals surface area contributed by atoms with Crippen molar-refractivity contribution in [3.63, 3.8) is 0 Å². The Hall–Kier alpha value is -1.22. The second kappa shape index (κ2) is 10.9. The van der Waals surface area contributed by atoms with Gasteiger partial charge in [-0.1, -0.05) is 42.5 Å². The average Bonchev–Trinajstić information content (AvgIpc) is 2.83. The van der Waals surface area contributed by atoms with E-state index in [4.69, 9.17) is 0 Å². The van der Waals surface area contributed by atoms with Crippen LogP contribution < -0.4 is 0 Å². The van der Waals surface area contributed by atoms with Crippen LogP contribution in [0.4, 0.5) is 4.79 Å². The van der Waals surface area contributed by atoms with Gasteiger partial charge in [0.15, 0.2) is 0 Å². The van der Waals surface area contributed by atoms with Crippen molar-refractivity contribution in [2.75, 3.05) is 42.6 Å². The third-order valence-electron chi connectivity index (χ3n) is 5.17. The van der Waals surface area contributed by atoms with Crippen LogP contribution >= 0.6 is 45.1 Å². The molecule has 158 valence electrons. The van der Waals surface area contributed by atoms with Gasteiger partial charge in [0, 0.05) is 58.3 Å². The monoisotopic (exact) mass is 476 g/mol. The fraction of sp³-hybridized carbons (Fsp3) is 0.364. The van der Waals surface area contributed by atoms with Crippen molar-refractivity contribution in [1.29, 1.82) is 0 Å². The summed E-state index contributed by atoms with van der Waals surface area (Å²) in [4.78, 5) is 30.9. The van der Waals surface area contributed by atoms with Crippen LogP contribution in [0, 0.1) is 0 Å². The lowest BCUT2D eigenvalue weighted by atomic mass is 10.1. The van der Waals surface area contributed by atoms with Crippen molar-refractivity contribution in [2.24, 2.45) is 0 Å². The molecule has 30 heavy (non-hydrogen) atoms. The molecule has 0 saturated carbocycles. The maximum absolute atomic E-state index is 13.1. The summed E-state index contributed by atoms with van der Waals surface area (Å²) < 4.78 is 0. The number of benzene rings is 2. The van der Waals surface area contributed by atoms with Crippen LogP contribution in [0.5, 0.6) is 0 Å². The fourth-order valence-electron chi connectivity index (χ4n) is 3.55. The first kappa shape index (κ1) is 22.0. The Bertz CT molecular complexity index is 874. The van der Waals surface area contributed by atoms with E-state index in [2.05, 4.69) is 12.1 Å². The Kier molecular flexibility index (Phi) is 7.98. The third kappa shape index (κ3) is 5.33. The molecule has 2 saturated heterocycles. The number of rotatable bonds is 4. The summed E-state index contributed by atoms with van der Waals surface area (Å²) >= 11 is 3.78. The first-order valence-electron chi connectivity index (χ1n) is 9.98. The molecule has 8 heteroatoms. The molecule has 2 amide bonds. The zero-order valence-electron chi connectivity index (χ0n) is 16.6. The molecule has 4 rings (SSSR count). The van der Waals surface area contributed by atoms with Gasteiger partial charge in [-0.15, -0.1) is 0 Å². The zero-order chi connectivity index (χ0) is 20.8. The van der Waals surface area contributed by atoms with Gasteiger partial charge < -0.3 is 9.80 Å². The second-order valence-corrected chi connectivity index (χ2v) is 11.5. The van der Waals surface area contributed by atoms with Gasteiger partial charge in [0.05, 0.1) is 11.6 Å². The Morgan fingerprint density at radius 3 is 2.37 bits per heavy atom. The highest BCUT2D eigenvalue weighted by Crippen LogP contribution is 2.39. The number of hydrogen-bond acceptors (Lipinski definition) is 6. The van der Waals surface area contributed by atoms with Crippen LogP contribution in [-0.4, -0.2) is 63.6 Å². The van der Waals surface area contributed by atoms with Crippen molar-refractivity contribution in [3.8, 4) is 0 Å². The minimum Gasteiger partial charge on any atom is -0.337 e. The predicted octanol–water partition coefficient (Wildman–Crippen LogP) is 5.53. The smallest absolute Gasteiger partial charge is 0.293 e. The molecule has 1 atom stereocenters. The fourth-order valence-corrected chi connectivity index (χ4v) is 7.61. The predicted molar refractivity (Wildman–Crippen MR) is 132 cm³/mol. The lowest BCUT2D eigenvalue weighted by Crippen LogP contribution is -2.38. The van der Waals surface area contributed by atoms with E-state index in [1.54, 1.807) is 0 Å². The average molecular weight is 477 g/mol. The second-order valence-electron chi connectivity index (χ2n) is 7.03. The van der Waals surface area contributed by atoms with Crippen molar-refractivity contribution < 1.29 is 9.59 Å². The molecule has 0 N–H and O–H groups in total. The Labute approximate surface area is 194 Å². The van der Waals surface area contributed by atoms with E-state index in [0.29, 0.717) is 5.56 Å². The molecule has 0 spiro atoms. The topological polar surface area (TPSA) is 40.6 Å². The Morgan fingerprint density at radius 1 is 0.867 bits per heavy atom.